The van der Waals surface area contributed by atoms with E-state index >= 15 is 0 Å². The van der Waals surface area contributed by atoms with Gasteiger partial charge in [0.15, 0.2) is 0 Å². The van der Waals surface area contributed by atoms with Crippen LogP contribution in [0.5, 0.6) is 0 Å². The van der Waals surface area contributed by atoms with Gasteiger partial charge < -0.3 is 5.32 Å². The van der Waals surface area contributed by atoms with E-state index in [0.717, 1.165) is 25.2 Å². The first kappa shape index (κ1) is 11.0. The Morgan fingerprint density at radius 1 is 1.60 bits per heavy atom. The first-order chi connectivity index (χ1) is 7.16. The molecule has 0 aliphatic carbocycles. The van der Waals surface area contributed by atoms with Crippen LogP contribution in [0, 0.1) is 6.92 Å². The molecule has 82 valence electrons. The van der Waals surface area contributed by atoms with Crippen LogP contribution < -0.4 is 5.32 Å². The van der Waals surface area contributed by atoms with Gasteiger partial charge in [-0.25, -0.2) is 9.97 Å². The molecule has 1 aliphatic heterocycles. The van der Waals surface area contributed by atoms with Crippen molar-refractivity contribution in [2.24, 2.45) is 0 Å². The molecule has 0 amide bonds. The Morgan fingerprint density at radius 2 is 2.40 bits per heavy atom. The Labute approximate surface area is 95.9 Å². The molecule has 15 heavy (non-hydrogen) atoms. The first-order valence-corrected chi connectivity index (χ1v) is 6.38. The molecule has 0 bridgehead atoms. The zero-order valence-corrected chi connectivity index (χ0v) is 9.94. The Bertz CT molecular complexity index is 373. The standard InChI is InChI=1S/C9H12ClN3OS/c1-6-4-8(10)13-9(12-6)15(14)7-2-3-11-5-7/h4,7,11H,2-3,5H2,1H3/t7-,15?/m1/s1. The molecular formula is C9H12ClN3OS. The SMILES string of the molecule is Cc1cc(Cl)nc(S(=O)[C@@H]2CCNC2)n1. The summed E-state index contributed by atoms with van der Waals surface area (Å²) in [7, 11) is -1.15. The average molecular weight is 246 g/mol. The minimum absolute atomic E-state index is 0.114. The number of nitrogens with one attached hydrogen (secondary N) is 1. The van der Waals surface area contributed by atoms with Crippen LogP contribution in [0.1, 0.15) is 12.1 Å². The summed E-state index contributed by atoms with van der Waals surface area (Å²) in [5.41, 5.74) is 0.754. The third kappa shape index (κ3) is 2.53. The molecule has 1 unspecified atom stereocenters. The van der Waals surface area contributed by atoms with E-state index in [1.165, 1.54) is 0 Å². The van der Waals surface area contributed by atoms with Crippen LogP contribution in [0.2, 0.25) is 5.15 Å². The largest absolute Gasteiger partial charge is 0.315 e. The summed E-state index contributed by atoms with van der Waals surface area (Å²) in [6.07, 6.45) is 0.904. The minimum atomic E-state index is -1.15. The summed E-state index contributed by atoms with van der Waals surface area (Å²) < 4.78 is 12.0. The highest BCUT2D eigenvalue weighted by molar-refractivity contribution is 7.85. The minimum Gasteiger partial charge on any atom is -0.315 e. The molecule has 0 spiro atoms. The lowest BCUT2D eigenvalue weighted by molar-refractivity contribution is 0.663. The zero-order valence-electron chi connectivity index (χ0n) is 8.36. The van der Waals surface area contributed by atoms with E-state index in [0.29, 0.717) is 10.3 Å². The van der Waals surface area contributed by atoms with E-state index in [1.54, 1.807) is 6.07 Å². The fourth-order valence-corrected chi connectivity index (χ4v) is 3.16. The van der Waals surface area contributed by atoms with Gasteiger partial charge in [-0.1, -0.05) is 11.6 Å². The highest BCUT2D eigenvalue weighted by atomic mass is 35.5. The van der Waals surface area contributed by atoms with Gasteiger partial charge in [0.1, 0.15) is 5.15 Å². The van der Waals surface area contributed by atoms with E-state index in [2.05, 4.69) is 15.3 Å². The Hall–Kier alpha value is -0.520. The maximum Gasteiger partial charge on any atom is 0.220 e. The molecule has 4 nitrogen and oxygen atoms in total. The number of rotatable bonds is 2. The molecule has 1 N–H and O–H groups in total. The molecule has 0 radical (unpaired) electrons. The fourth-order valence-electron chi connectivity index (χ4n) is 1.55. The van der Waals surface area contributed by atoms with Crippen molar-refractivity contribution in [1.29, 1.82) is 0 Å². The lowest BCUT2D eigenvalue weighted by atomic mass is 10.4. The van der Waals surface area contributed by atoms with Crippen LogP contribution in [0.3, 0.4) is 0 Å². The summed E-state index contributed by atoms with van der Waals surface area (Å²) in [5, 5.41) is 4.00. The Morgan fingerprint density at radius 3 is 3.00 bits per heavy atom. The number of aryl methyl sites for hydroxylation is 1. The number of halogens is 1. The van der Waals surface area contributed by atoms with E-state index in [1.807, 2.05) is 6.92 Å². The number of hydrogen-bond donors (Lipinski definition) is 1. The number of aromatic nitrogens is 2. The van der Waals surface area contributed by atoms with Gasteiger partial charge in [-0.2, -0.15) is 0 Å². The van der Waals surface area contributed by atoms with E-state index in [9.17, 15) is 4.21 Å². The Balaban J connectivity index is 2.24. The van der Waals surface area contributed by atoms with Crippen molar-refractivity contribution in [1.82, 2.24) is 15.3 Å². The van der Waals surface area contributed by atoms with Gasteiger partial charge >= 0.3 is 0 Å². The quantitative estimate of drug-likeness (QED) is 0.622. The molecule has 1 saturated heterocycles. The van der Waals surface area contributed by atoms with Crippen LogP contribution in [-0.2, 0) is 10.8 Å². The van der Waals surface area contributed by atoms with Crippen LogP contribution in [0.25, 0.3) is 0 Å². The summed E-state index contributed by atoms with van der Waals surface area (Å²) >= 11 is 5.80. The van der Waals surface area contributed by atoms with Gasteiger partial charge in [-0.3, -0.25) is 4.21 Å². The van der Waals surface area contributed by atoms with Crippen molar-refractivity contribution in [3.63, 3.8) is 0 Å². The summed E-state index contributed by atoms with van der Waals surface area (Å²) in [4.78, 5) is 8.16. The first-order valence-electron chi connectivity index (χ1n) is 4.79. The van der Waals surface area contributed by atoms with E-state index in [4.69, 9.17) is 11.6 Å². The maximum absolute atomic E-state index is 12.0. The Kier molecular flexibility index (Phi) is 3.33. The topological polar surface area (TPSA) is 54.9 Å². The molecule has 0 saturated carbocycles. The van der Waals surface area contributed by atoms with Crippen molar-refractivity contribution in [3.8, 4) is 0 Å². The van der Waals surface area contributed by atoms with Gasteiger partial charge in [0.25, 0.3) is 0 Å². The second kappa shape index (κ2) is 4.55. The molecule has 0 aromatic carbocycles. The lowest BCUT2D eigenvalue weighted by Gasteiger charge is -2.07. The molecule has 2 atom stereocenters. The van der Waals surface area contributed by atoms with Crippen LogP contribution in [-0.4, -0.2) is 32.5 Å². The molecule has 1 aromatic heterocycles. The molecule has 2 heterocycles. The molecule has 2 rings (SSSR count). The van der Waals surface area contributed by atoms with Gasteiger partial charge in [0.2, 0.25) is 5.16 Å². The third-order valence-electron chi connectivity index (χ3n) is 2.30. The predicted molar refractivity (Wildman–Crippen MR) is 59.5 cm³/mol. The van der Waals surface area contributed by atoms with Crippen LogP contribution >= 0.6 is 11.6 Å². The highest BCUT2D eigenvalue weighted by Crippen LogP contribution is 2.15. The second-order valence-electron chi connectivity index (χ2n) is 3.53. The van der Waals surface area contributed by atoms with Crippen LogP contribution in [0.4, 0.5) is 0 Å². The van der Waals surface area contributed by atoms with Gasteiger partial charge in [-0.05, 0) is 26.0 Å². The number of nitrogens with zero attached hydrogens (tertiary/aromatic N) is 2. The summed E-state index contributed by atoms with van der Waals surface area (Å²) in [5.74, 6) is 0. The van der Waals surface area contributed by atoms with Gasteiger partial charge in [0.05, 0.1) is 16.0 Å². The average Bonchev–Trinajstić information content (AvgIpc) is 2.67. The zero-order chi connectivity index (χ0) is 10.8. The number of hydrogen-bond acceptors (Lipinski definition) is 4. The summed E-state index contributed by atoms with van der Waals surface area (Å²) in [6, 6.07) is 1.66. The second-order valence-corrected chi connectivity index (χ2v) is 5.54. The third-order valence-corrected chi connectivity index (χ3v) is 4.04. The molecule has 1 aliphatic rings. The van der Waals surface area contributed by atoms with Gasteiger partial charge in [-0.15, -0.1) is 0 Å². The molecule has 6 heteroatoms. The van der Waals surface area contributed by atoms with Crippen molar-refractivity contribution < 1.29 is 4.21 Å². The van der Waals surface area contributed by atoms with Crippen molar-refractivity contribution in [2.75, 3.05) is 13.1 Å². The van der Waals surface area contributed by atoms with E-state index < -0.39 is 10.8 Å². The van der Waals surface area contributed by atoms with E-state index in [-0.39, 0.29) is 5.25 Å². The fraction of sp³-hybridized carbons (Fsp3) is 0.556. The highest BCUT2D eigenvalue weighted by Gasteiger charge is 2.24. The summed E-state index contributed by atoms with van der Waals surface area (Å²) in [6.45, 7) is 3.50. The van der Waals surface area contributed by atoms with Crippen molar-refractivity contribution in [3.05, 3.63) is 16.9 Å². The van der Waals surface area contributed by atoms with Crippen molar-refractivity contribution in [2.45, 2.75) is 23.8 Å². The van der Waals surface area contributed by atoms with Crippen LogP contribution in [0.15, 0.2) is 11.2 Å². The molecule has 1 fully saturated rings. The predicted octanol–water partition coefficient (Wildman–Crippen LogP) is 0.908. The molecular weight excluding hydrogens is 234 g/mol. The normalized spacial score (nSPS) is 22.9. The maximum atomic E-state index is 12.0. The smallest absolute Gasteiger partial charge is 0.220 e. The lowest BCUT2D eigenvalue weighted by Crippen LogP contribution is -2.20. The van der Waals surface area contributed by atoms with Crippen molar-refractivity contribution >= 4 is 22.4 Å². The monoisotopic (exact) mass is 245 g/mol. The molecule has 1 aromatic rings. The van der Waals surface area contributed by atoms with Gasteiger partial charge in [0, 0.05) is 12.2 Å².